The first-order chi connectivity index (χ1) is 11.7. The molecule has 0 saturated heterocycles. The SMILES string of the molecule is C.C.C.C.C.C.C=C[Si](C)(O[Si](C)(C)C)O[Si](OC)(c1ccccc1)c1ccccc1. The van der Waals surface area contributed by atoms with Crippen LogP contribution in [0.4, 0.5) is 0 Å². The van der Waals surface area contributed by atoms with Gasteiger partial charge in [0.1, 0.15) is 0 Å². The van der Waals surface area contributed by atoms with Gasteiger partial charge in [-0.25, -0.2) is 0 Å². The summed E-state index contributed by atoms with van der Waals surface area (Å²) in [7, 11) is -5.57. The quantitative estimate of drug-likeness (QED) is 0.366. The van der Waals surface area contributed by atoms with Crippen LogP contribution in [0.2, 0.25) is 26.2 Å². The van der Waals surface area contributed by atoms with Gasteiger partial charge in [-0.2, -0.15) is 0 Å². The van der Waals surface area contributed by atoms with E-state index in [1.807, 2.05) is 42.1 Å². The number of hydrogen-bond donors (Lipinski definition) is 0. The molecule has 0 N–H and O–H groups in total. The first-order valence-electron chi connectivity index (χ1n) is 8.45. The average Bonchev–Trinajstić information content (AvgIpc) is 2.60. The van der Waals surface area contributed by atoms with Crippen LogP contribution < -0.4 is 10.4 Å². The summed E-state index contributed by atoms with van der Waals surface area (Å²) in [6.45, 7) is 12.6. The minimum Gasteiger partial charge on any atom is -0.434 e. The zero-order valence-electron chi connectivity index (χ0n) is 15.8. The summed E-state index contributed by atoms with van der Waals surface area (Å²) in [4.78, 5) is 0. The second-order valence-corrected chi connectivity index (χ2v) is 18.2. The van der Waals surface area contributed by atoms with E-state index in [9.17, 15) is 0 Å². The maximum atomic E-state index is 6.82. The van der Waals surface area contributed by atoms with Crippen LogP contribution in [-0.2, 0) is 12.7 Å². The van der Waals surface area contributed by atoms with Gasteiger partial charge < -0.3 is 12.7 Å². The van der Waals surface area contributed by atoms with E-state index in [0.717, 1.165) is 10.4 Å². The molecular formula is C25H52O3Si3. The molecule has 0 bridgehead atoms. The van der Waals surface area contributed by atoms with E-state index in [-0.39, 0.29) is 44.6 Å². The van der Waals surface area contributed by atoms with Crippen LogP contribution in [0.15, 0.2) is 72.9 Å². The van der Waals surface area contributed by atoms with E-state index in [2.05, 4.69) is 57.0 Å². The molecule has 0 spiro atoms. The summed E-state index contributed by atoms with van der Waals surface area (Å²) in [5, 5.41) is 2.15. The lowest BCUT2D eigenvalue weighted by Gasteiger charge is -2.40. The molecule has 31 heavy (non-hydrogen) atoms. The maximum Gasteiger partial charge on any atom is 0.398 e. The molecule has 2 aromatic carbocycles. The monoisotopic (exact) mass is 484 g/mol. The van der Waals surface area contributed by atoms with E-state index in [1.54, 1.807) is 7.11 Å². The lowest BCUT2D eigenvalue weighted by atomic mass is 10.4. The smallest absolute Gasteiger partial charge is 0.398 e. The first kappa shape index (κ1) is 40.1. The molecule has 2 rings (SSSR count). The third-order valence-corrected chi connectivity index (χ3v) is 14.2. The molecule has 0 amide bonds. The van der Waals surface area contributed by atoms with Gasteiger partial charge in [0.2, 0.25) is 0 Å². The van der Waals surface area contributed by atoms with Gasteiger partial charge in [0, 0.05) is 7.11 Å². The van der Waals surface area contributed by atoms with Crippen molar-refractivity contribution in [2.45, 2.75) is 70.7 Å². The Morgan fingerprint density at radius 2 is 1.00 bits per heavy atom. The van der Waals surface area contributed by atoms with Crippen molar-refractivity contribution >= 4 is 35.8 Å². The first-order valence-corrected chi connectivity index (χ1v) is 16.1. The Labute approximate surface area is 199 Å². The Kier molecular flexibility index (Phi) is 21.2. The number of benzene rings is 2. The molecule has 0 aliphatic carbocycles. The molecule has 2 aromatic rings. The fourth-order valence-electron chi connectivity index (χ4n) is 2.87. The van der Waals surface area contributed by atoms with Crippen molar-refractivity contribution in [3.05, 3.63) is 72.9 Å². The van der Waals surface area contributed by atoms with Gasteiger partial charge in [-0.05, 0) is 36.6 Å². The minimum atomic E-state index is -2.89. The molecule has 6 heteroatoms. The zero-order valence-corrected chi connectivity index (χ0v) is 18.8. The Bertz CT molecular complexity index is 649. The van der Waals surface area contributed by atoms with Gasteiger partial charge in [-0.3, -0.25) is 0 Å². The summed E-state index contributed by atoms with van der Waals surface area (Å²) in [6.07, 6.45) is 0. The van der Waals surface area contributed by atoms with Crippen LogP contribution in [0, 0.1) is 0 Å². The Balaban J connectivity index is -0.000000376. The molecule has 0 aromatic heterocycles. The Morgan fingerprint density at radius 1 is 0.645 bits per heavy atom. The van der Waals surface area contributed by atoms with Crippen molar-refractivity contribution in [3.8, 4) is 0 Å². The van der Waals surface area contributed by atoms with E-state index >= 15 is 0 Å². The van der Waals surface area contributed by atoms with Gasteiger partial charge in [-0.1, -0.05) is 111 Å². The van der Waals surface area contributed by atoms with Gasteiger partial charge >= 0.3 is 17.1 Å². The summed E-state index contributed by atoms with van der Waals surface area (Å²) < 4.78 is 19.5. The van der Waals surface area contributed by atoms with Crippen molar-refractivity contribution in [2.24, 2.45) is 0 Å². The standard InChI is InChI=1S/C19H28O3Si3.6CH4/c1-7-24(6,21-23(3,4)5)22-25(20-2,18-14-10-8-11-15-18)19-16-12-9-13-17-19;;;;;;/h7-17H,1H2,2-6H3;6*1H4. The highest BCUT2D eigenvalue weighted by Gasteiger charge is 2.49. The van der Waals surface area contributed by atoms with Crippen LogP contribution in [-0.4, -0.2) is 32.5 Å². The molecule has 1 unspecified atom stereocenters. The van der Waals surface area contributed by atoms with E-state index in [0.29, 0.717) is 0 Å². The second kappa shape index (κ2) is 16.4. The van der Waals surface area contributed by atoms with Crippen molar-refractivity contribution < 1.29 is 12.7 Å². The summed E-state index contributed by atoms with van der Waals surface area (Å²) >= 11 is 0. The van der Waals surface area contributed by atoms with E-state index in [4.69, 9.17) is 12.7 Å². The second-order valence-electron chi connectivity index (χ2n) is 7.09. The summed E-state index contributed by atoms with van der Waals surface area (Å²) in [5.41, 5.74) is 1.87. The number of hydrogen-bond acceptors (Lipinski definition) is 3. The van der Waals surface area contributed by atoms with Crippen molar-refractivity contribution in [1.82, 2.24) is 0 Å². The fraction of sp³-hybridized carbons (Fsp3) is 0.440. The van der Waals surface area contributed by atoms with Gasteiger partial charge in [0.05, 0.1) is 0 Å². The largest absolute Gasteiger partial charge is 0.434 e. The average molecular weight is 485 g/mol. The molecule has 0 saturated carbocycles. The predicted octanol–water partition coefficient (Wildman–Crippen LogP) is 7.37. The molecule has 0 heterocycles. The summed E-state index contributed by atoms with van der Waals surface area (Å²) in [6, 6.07) is 20.4. The number of rotatable bonds is 8. The fourth-order valence-corrected chi connectivity index (χ4v) is 14.6. The topological polar surface area (TPSA) is 27.7 Å². The lowest BCUT2D eigenvalue weighted by molar-refractivity contribution is 0.296. The van der Waals surface area contributed by atoms with Crippen LogP contribution in [0.5, 0.6) is 0 Å². The van der Waals surface area contributed by atoms with Gasteiger partial charge in [-0.15, -0.1) is 6.58 Å². The third kappa shape index (κ3) is 10.2. The zero-order chi connectivity index (χ0) is 18.6. The highest BCUT2D eigenvalue weighted by Crippen LogP contribution is 2.22. The Hall–Kier alpha value is -1.29. The Morgan fingerprint density at radius 3 is 1.26 bits per heavy atom. The lowest BCUT2D eigenvalue weighted by Crippen LogP contribution is -2.68. The molecule has 1 atom stereocenters. The van der Waals surface area contributed by atoms with Crippen molar-refractivity contribution in [3.63, 3.8) is 0 Å². The molecule has 0 radical (unpaired) electrons. The molecule has 3 nitrogen and oxygen atoms in total. The molecule has 0 aliphatic rings. The normalized spacial score (nSPS) is 11.9. The minimum absolute atomic E-state index is 0. The highest BCUT2D eigenvalue weighted by molar-refractivity contribution is 6.99. The van der Waals surface area contributed by atoms with Crippen LogP contribution in [0.25, 0.3) is 0 Å². The highest BCUT2D eigenvalue weighted by atomic mass is 28.5. The van der Waals surface area contributed by atoms with Crippen molar-refractivity contribution in [1.29, 1.82) is 0 Å². The summed E-state index contributed by atoms with van der Waals surface area (Å²) in [5.74, 6) is 0. The molecule has 182 valence electrons. The van der Waals surface area contributed by atoms with Gasteiger partial charge in [0.25, 0.3) is 0 Å². The molecule has 0 aliphatic heterocycles. The van der Waals surface area contributed by atoms with E-state index < -0.39 is 25.4 Å². The molecule has 0 fully saturated rings. The van der Waals surface area contributed by atoms with E-state index in [1.165, 1.54) is 0 Å². The van der Waals surface area contributed by atoms with Crippen LogP contribution in [0.3, 0.4) is 0 Å². The predicted molar refractivity (Wildman–Crippen MR) is 153 cm³/mol. The van der Waals surface area contributed by atoms with Crippen LogP contribution >= 0.6 is 0 Å². The maximum absolute atomic E-state index is 6.82. The van der Waals surface area contributed by atoms with Crippen LogP contribution in [0.1, 0.15) is 44.6 Å². The van der Waals surface area contributed by atoms with Crippen molar-refractivity contribution in [2.75, 3.05) is 7.11 Å². The third-order valence-electron chi connectivity index (χ3n) is 3.82. The molecular weight excluding hydrogens is 433 g/mol. The van der Waals surface area contributed by atoms with Gasteiger partial charge in [0.15, 0.2) is 8.32 Å².